The van der Waals surface area contributed by atoms with Crippen molar-refractivity contribution in [2.45, 2.75) is 32.4 Å². The first kappa shape index (κ1) is 18.9. The smallest absolute Gasteiger partial charge is 0.225 e. The van der Waals surface area contributed by atoms with Crippen LogP contribution in [-0.2, 0) is 16.1 Å². The van der Waals surface area contributed by atoms with Crippen LogP contribution < -0.4 is 10.1 Å². The van der Waals surface area contributed by atoms with Gasteiger partial charge in [0.05, 0.1) is 19.1 Å². The van der Waals surface area contributed by atoms with E-state index in [4.69, 9.17) is 4.74 Å². The zero-order valence-corrected chi connectivity index (χ0v) is 15.7. The van der Waals surface area contributed by atoms with Gasteiger partial charge in [0.25, 0.3) is 0 Å². The summed E-state index contributed by atoms with van der Waals surface area (Å²) in [6.45, 7) is 2.95. The fourth-order valence-corrected chi connectivity index (χ4v) is 3.64. The summed E-state index contributed by atoms with van der Waals surface area (Å²) in [7, 11) is 1.62. The summed E-state index contributed by atoms with van der Waals surface area (Å²) < 4.78 is 5.23. The lowest BCUT2D eigenvalue weighted by atomic mass is 9.83. The lowest BCUT2D eigenvalue weighted by molar-refractivity contribution is -0.143. The molecule has 2 amide bonds. The molecule has 3 rings (SSSR count). The Morgan fingerprint density at radius 3 is 2.70 bits per heavy atom. The topological polar surface area (TPSA) is 71.5 Å². The number of ether oxygens (including phenoxy) is 1. The second-order valence-corrected chi connectivity index (χ2v) is 6.62. The number of pyridine rings is 1. The number of rotatable bonds is 6. The number of likely N-dealkylation sites (tertiary alicyclic amines) is 1. The highest BCUT2D eigenvalue weighted by atomic mass is 16.5. The maximum Gasteiger partial charge on any atom is 0.225 e. The monoisotopic (exact) mass is 367 g/mol. The number of carbonyl (C=O) groups excluding carboxylic acids is 2. The third-order valence-corrected chi connectivity index (χ3v) is 5.03. The predicted octanol–water partition coefficient (Wildman–Crippen LogP) is 2.71. The van der Waals surface area contributed by atoms with Gasteiger partial charge in [-0.3, -0.25) is 14.6 Å². The Hall–Kier alpha value is -2.89. The van der Waals surface area contributed by atoms with Crippen LogP contribution in [0, 0.1) is 5.92 Å². The van der Waals surface area contributed by atoms with Crippen LogP contribution in [0.25, 0.3) is 0 Å². The Morgan fingerprint density at radius 2 is 2.07 bits per heavy atom. The van der Waals surface area contributed by atoms with E-state index >= 15 is 0 Å². The quantitative estimate of drug-likeness (QED) is 0.852. The number of amides is 2. The van der Waals surface area contributed by atoms with Crippen molar-refractivity contribution in [1.82, 2.24) is 15.2 Å². The predicted molar refractivity (Wildman–Crippen MR) is 102 cm³/mol. The molecular formula is C21H25N3O3. The van der Waals surface area contributed by atoms with Gasteiger partial charge in [0.2, 0.25) is 11.8 Å². The van der Waals surface area contributed by atoms with Crippen molar-refractivity contribution in [2.75, 3.05) is 13.7 Å². The molecule has 0 saturated carbocycles. The van der Waals surface area contributed by atoms with Gasteiger partial charge in [0, 0.05) is 31.9 Å². The van der Waals surface area contributed by atoms with Crippen LogP contribution in [0.15, 0.2) is 48.8 Å². The molecule has 1 aliphatic rings. The summed E-state index contributed by atoms with van der Waals surface area (Å²) in [6.07, 6.45) is 4.39. The minimum atomic E-state index is -0.285. The van der Waals surface area contributed by atoms with Crippen molar-refractivity contribution in [3.05, 3.63) is 59.9 Å². The highest BCUT2D eigenvalue weighted by Gasteiger charge is 2.39. The van der Waals surface area contributed by atoms with E-state index in [2.05, 4.69) is 10.3 Å². The fourth-order valence-electron chi connectivity index (χ4n) is 3.64. The average Bonchev–Trinajstić information content (AvgIpc) is 2.72. The first-order valence-corrected chi connectivity index (χ1v) is 9.24. The molecule has 1 aromatic carbocycles. The number of hydrogen-bond acceptors (Lipinski definition) is 4. The Balaban J connectivity index is 1.81. The molecule has 6 heteroatoms. The number of nitrogens with zero attached hydrogens (tertiary/aromatic N) is 2. The van der Waals surface area contributed by atoms with Crippen LogP contribution in [0.5, 0.6) is 5.75 Å². The van der Waals surface area contributed by atoms with Crippen LogP contribution in [0.1, 0.15) is 36.9 Å². The maximum atomic E-state index is 13.0. The molecule has 2 atom stereocenters. The second-order valence-electron chi connectivity index (χ2n) is 6.62. The van der Waals surface area contributed by atoms with E-state index in [-0.39, 0.29) is 23.8 Å². The minimum Gasteiger partial charge on any atom is -0.497 e. The van der Waals surface area contributed by atoms with Gasteiger partial charge in [-0.05, 0) is 42.7 Å². The number of aromatic nitrogens is 1. The summed E-state index contributed by atoms with van der Waals surface area (Å²) in [5.41, 5.74) is 1.90. The van der Waals surface area contributed by atoms with E-state index < -0.39 is 0 Å². The molecule has 27 heavy (non-hydrogen) atoms. The molecule has 1 N–H and O–H groups in total. The number of nitrogens with one attached hydrogen (secondary N) is 1. The Morgan fingerprint density at radius 1 is 1.30 bits per heavy atom. The number of benzene rings is 1. The van der Waals surface area contributed by atoms with Crippen molar-refractivity contribution in [1.29, 1.82) is 0 Å². The van der Waals surface area contributed by atoms with Gasteiger partial charge in [-0.25, -0.2) is 0 Å². The summed E-state index contributed by atoms with van der Waals surface area (Å²) in [4.78, 5) is 31.3. The third kappa shape index (κ3) is 4.27. The van der Waals surface area contributed by atoms with Crippen molar-refractivity contribution in [2.24, 2.45) is 5.92 Å². The molecule has 1 aliphatic heterocycles. The number of carbonyl (C=O) groups is 2. The second kappa shape index (κ2) is 8.66. The molecule has 0 unspecified atom stereocenters. The van der Waals surface area contributed by atoms with E-state index in [0.29, 0.717) is 25.9 Å². The molecule has 1 aromatic heterocycles. The SMILES string of the molecule is CCN1C(=O)CC[C@@H](C(=O)NCc2cccnc2)[C@@H]1c1ccc(OC)cc1. The Labute approximate surface area is 159 Å². The van der Waals surface area contributed by atoms with E-state index in [9.17, 15) is 9.59 Å². The fraction of sp³-hybridized carbons (Fsp3) is 0.381. The lowest BCUT2D eigenvalue weighted by Crippen LogP contribution is -2.47. The number of hydrogen-bond donors (Lipinski definition) is 1. The molecule has 1 saturated heterocycles. The van der Waals surface area contributed by atoms with Gasteiger partial charge in [-0.15, -0.1) is 0 Å². The average molecular weight is 367 g/mol. The molecular weight excluding hydrogens is 342 g/mol. The molecule has 0 aliphatic carbocycles. The van der Waals surface area contributed by atoms with Crippen LogP contribution in [-0.4, -0.2) is 35.4 Å². The van der Waals surface area contributed by atoms with E-state index in [0.717, 1.165) is 16.9 Å². The summed E-state index contributed by atoms with van der Waals surface area (Å²) in [6, 6.07) is 11.1. The van der Waals surface area contributed by atoms with Crippen molar-refractivity contribution in [3.63, 3.8) is 0 Å². The van der Waals surface area contributed by atoms with Crippen molar-refractivity contribution < 1.29 is 14.3 Å². The Kier molecular flexibility index (Phi) is 6.06. The van der Waals surface area contributed by atoms with E-state index in [1.54, 1.807) is 24.4 Å². The lowest BCUT2D eigenvalue weighted by Gasteiger charge is -2.40. The summed E-state index contributed by atoms with van der Waals surface area (Å²) in [5, 5.41) is 3.01. The maximum absolute atomic E-state index is 13.0. The Bertz CT molecular complexity index is 777. The first-order valence-electron chi connectivity index (χ1n) is 9.24. The minimum absolute atomic E-state index is 0.0365. The van der Waals surface area contributed by atoms with Crippen LogP contribution in [0.3, 0.4) is 0 Å². The molecule has 0 bridgehead atoms. The van der Waals surface area contributed by atoms with Crippen LogP contribution in [0.4, 0.5) is 0 Å². The van der Waals surface area contributed by atoms with Crippen LogP contribution in [0.2, 0.25) is 0 Å². The first-order chi connectivity index (χ1) is 13.1. The van der Waals surface area contributed by atoms with Crippen LogP contribution >= 0.6 is 0 Å². The van der Waals surface area contributed by atoms with Gasteiger partial charge in [0.1, 0.15) is 5.75 Å². The van der Waals surface area contributed by atoms with Gasteiger partial charge < -0.3 is 15.0 Å². The normalized spacial score (nSPS) is 19.6. The zero-order valence-electron chi connectivity index (χ0n) is 15.7. The van der Waals surface area contributed by atoms with E-state index in [1.807, 2.05) is 43.3 Å². The molecule has 142 valence electrons. The van der Waals surface area contributed by atoms with Gasteiger partial charge in [-0.2, -0.15) is 0 Å². The largest absolute Gasteiger partial charge is 0.497 e. The molecule has 0 spiro atoms. The molecule has 0 radical (unpaired) electrons. The molecule has 1 fully saturated rings. The van der Waals surface area contributed by atoms with E-state index in [1.165, 1.54) is 0 Å². The zero-order chi connectivity index (χ0) is 19.2. The number of methoxy groups -OCH3 is 1. The van der Waals surface area contributed by atoms with Gasteiger partial charge >= 0.3 is 0 Å². The summed E-state index contributed by atoms with van der Waals surface area (Å²) >= 11 is 0. The third-order valence-electron chi connectivity index (χ3n) is 5.03. The number of piperidine rings is 1. The molecule has 2 heterocycles. The molecule has 2 aromatic rings. The van der Waals surface area contributed by atoms with Gasteiger partial charge in [-0.1, -0.05) is 18.2 Å². The standard InChI is InChI=1S/C21H25N3O3/c1-3-24-19(25)11-10-18(20(24)16-6-8-17(27-2)9-7-16)21(26)23-14-15-5-4-12-22-13-15/h4-9,12-13,18,20H,3,10-11,14H2,1-2H3,(H,23,26)/t18-,20+/m1/s1. The molecule has 6 nitrogen and oxygen atoms in total. The van der Waals surface area contributed by atoms with Crippen molar-refractivity contribution >= 4 is 11.8 Å². The summed E-state index contributed by atoms with van der Waals surface area (Å²) in [5.74, 6) is 0.523. The van der Waals surface area contributed by atoms with Crippen molar-refractivity contribution in [3.8, 4) is 5.75 Å². The highest BCUT2D eigenvalue weighted by molar-refractivity contribution is 5.85. The highest BCUT2D eigenvalue weighted by Crippen LogP contribution is 2.37. The van der Waals surface area contributed by atoms with Gasteiger partial charge in [0.15, 0.2) is 0 Å².